The maximum atomic E-state index is 10.6. The summed E-state index contributed by atoms with van der Waals surface area (Å²) in [5.41, 5.74) is 5.19. The van der Waals surface area contributed by atoms with Crippen molar-refractivity contribution in [2.24, 2.45) is 5.73 Å². The van der Waals surface area contributed by atoms with Crippen molar-refractivity contribution in [3.05, 3.63) is 0 Å². The number of piperidine rings is 1. The minimum Gasteiger partial charge on any atom is -0.389 e. The Morgan fingerprint density at radius 3 is 2.70 bits per heavy atom. The molecule has 1 heterocycles. The fourth-order valence-electron chi connectivity index (χ4n) is 0.838. The number of nitrogens with two attached hydrogens (primary N) is 1. The molecule has 1 fully saturated rings. The number of rotatable bonds is 0. The molecule has 0 aromatic heterocycles. The van der Waals surface area contributed by atoms with Crippen molar-refractivity contribution in [3.8, 4) is 0 Å². The topological polar surface area (TPSA) is 95.6 Å². The Kier molecular flexibility index (Phi) is 1.89. The van der Waals surface area contributed by atoms with Gasteiger partial charge in [-0.15, -0.1) is 0 Å². The van der Waals surface area contributed by atoms with Crippen molar-refractivity contribution in [3.63, 3.8) is 0 Å². The molecule has 3 atom stereocenters. The van der Waals surface area contributed by atoms with Gasteiger partial charge in [-0.1, -0.05) is 0 Å². The Bertz CT molecular complexity index is 150. The van der Waals surface area contributed by atoms with Crippen LogP contribution < -0.4 is 11.1 Å². The van der Waals surface area contributed by atoms with E-state index < -0.39 is 24.2 Å². The average Bonchev–Trinajstić information content (AvgIpc) is 1.93. The first kappa shape index (κ1) is 7.46. The Balaban J connectivity index is 2.60. The number of amides is 1. The van der Waals surface area contributed by atoms with E-state index in [4.69, 9.17) is 15.9 Å². The smallest absolute Gasteiger partial charge is 0.239 e. The van der Waals surface area contributed by atoms with E-state index in [1.54, 1.807) is 0 Å². The van der Waals surface area contributed by atoms with Gasteiger partial charge in [0.05, 0.1) is 6.10 Å². The zero-order chi connectivity index (χ0) is 7.72. The number of hydrogen-bond acceptors (Lipinski definition) is 4. The summed E-state index contributed by atoms with van der Waals surface area (Å²) in [5.74, 6) is -0.419. The molecule has 5 N–H and O–H groups in total. The van der Waals surface area contributed by atoms with E-state index >= 15 is 0 Å². The first-order valence-electron chi connectivity index (χ1n) is 3.02. The van der Waals surface area contributed by atoms with Gasteiger partial charge in [-0.25, -0.2) is 0 Å². The highest BCUT2D eigenvalue weighted by molar-refractivity contribution is 5.83. The largest absolute Gasteiger partial charge is 0.389 e. The maximum absolute atomic E-state index is 10.6. The summed E-state index contributed by atoms with van der Waals surface area (Å²) in [7, 11) is 0. The van der Waals surface area contributed by atoms with Crippen molar-refractivity contribution in [1.29, 1.82) is 0 Å². The molecular formula is C5H10N2O3. The number of aliphatic hydroxyl groups excluding tert-OH is 2. The molecule has 1 saturated heterocycles. The highest BCUT2D eigenvalue weighted by atomic mass is 16.3. The fraction of sp³-hybridized carbons (Fsp3) is 0.800. The molecule has 10 heavy (non-hydrogen) atoms. The highest BCUT2D eigenvalue weighted by Crippen LogP contribution is 2.02. The standard InChI is InChI=1S/C5H10N2O3/c6-3-4(9)2(8)1-7-5(3)10/h2-4,8-9H,1,6H2,(H,7,10)/t2-,3+,4+/m1/s1. The molecule has 0 radical (unpaired) electrons. The predicted molar refractivity (Wildman–Crippen MR) is 33.0 cm³/mol. The fourth-order valence-corrected chi connectivity index (χ4v) is 0.838. The molecule has 0 aromatic carbocycles. The molecule has 1 rings (SSSR count). The Hall–Kier alpha value is -0.650. The maximum Gasteiger partial charge on any atom is 0.239 e. The minimum absolute atomic E-state index is 0.0771. The van der Waals surface area contributed by atoms with Crippen LogP contribution in [0.4, 0.5) is 0 Å². The molecule has 1 aliphatic rings. The van der Waals surface area contributed by atoms with E-state index in [1.165, 1.54) is 0 Å². The van der Waals surface area contributed by atoms with Gasteiger partial charge in [-0.3, -0.25) is 4.79 Å². The number of hydrogen-bond donors (Lipinski definition) is 4. The van der Waals surface area contributed by atoms with Crippen LogP contribution in [-0.4, -0.2) is 40.9 Å². The molecule has 1 amide bonds. The Morgan fingerprint density at radius 2 is 2.20 bits per heavy atom. The molecule has 0 unspecified atom stereocenters. The van der Waals surface area contributed by atoms with Crippen molar-refractivity contribution in [1.82, 2.24) is 5.32 Å². The molecule has 58 valence electrons. The van der Waals surface area contributed by atoms with E-state index in [0.29, 0.717) is 0 Å². The lowest BCUT2D eigenvalue weighted by atomic mass is 10.0. The first-order valence-corrected chi connectivity index (χ1v) is 3.02. The van der Waals surface area contributed by atoms with E-state index in [2.05, 4.69) is 5.32 Å². The lowest BCUT2D eigenvalue weighted by molar-refractivity contribution is -0.132. The van der Waals surface area contributed by atoms with Gasteiger partial charge in [0.25, 0.3) is 0 Å². The number of carbonyl (C=O) groups is 1. The van der Waals surface area contributed by atoms with E-state index in [1.807, 2.05) is 0 Å². The second-order valence-electron chi connectivity index (χ2n) is 2.33. The minimum atomic E-state index is -1.13. The summed E-state index contributed by atoms with van der Waals surface area (Å²) in [6.07, 6.45) is -2.07. The lowest BCUT2D eigenvalue weighted by Crippen LogP contribution is -2.60. The van der Waals surface area contributed by atoms with Gasteiger partial charge in [-0.2, -0.15) is 0 Å². The van der Waals surface area contributed by atoms with E-state index in [9.17, 15) is 4.79 Å². The summed E-state index contributed by atoms with van der Waals surface area (Å²) < 4.78 is 0. The zero-order valence-electron chi connectivity index (χ0n) is 5.32. The van der Waals surface area contributed by atoms with Crippen molar-refractivity contribution < 1.29 is 15.0 Å². The average molecular weight is 146 g/mol. The van der Waals surface area contributed by atoms with Crippen LogP contribution in [0.25, 0.3) is 0 Å². The van der Waals surface area contributed by atoms with Crippen molar-refractivity contribution >= 4 is 5.91 Å². The summed E-state index contributed by atoms with van der Waals surface area (Å²) >= 11 is 0. The van der Waals surface area contributed by atoms with Crippen LogP contribution >= 0.6 is 0 Å². The molecule has 0 saturated carbocycles. The summed E-state index contributed by atoms with van der Waals surface area (Å²) in [6, 6.07) is -0.997. The van der Waals surface area contributed by atoms with Crippen LogP contribution in [0.3, 0.4) is 0 Å². The van der Waals surface area contributed by atoms with E-state index in [-0.39, 0.29) is 6.54 Å². The number of β-amino-alcohol motifs (C(OH)–C–C–N with tert-alkyl or cyclic N) is 1. The third-order valence-corrected chi connectivity index (χ3v) is 1.55. The van der Waals surface area contributed by atoms with Gasteiger partial charge in [0.15, 0.2) is 0 Å². The van der Waals surface area contributed by atoms with Gasteiger partial charge in [0.2, 0.25) is 5.91 Å². The normalized spacial score (nSPS) is 41.1. The molecule has 0 aliphatic carbocycles. The molecule has 0 spiro atoms. The number of carbonyl (C=O) groups excluding carboxylic acids is 1. The van der Waals surface area contributed by atoms with Gasteiger partial charge >= 0.3 is 0 Å². The number of nitrogens with one attached hydrogen (secondary N) is 1. The summed E-state index contributed by atoms with van der Waals surface area (Å²) in [5, 5.41) is 20.2. The lowest BCUT2D eigenvalue weighted by Gasteiger charge is -2.28. The molecular weight excluding hydrogens is 136 g/mol. The van der Waals surface area contributed by atoms with Crippen LogP contribution in [0, 0.1) is 0 Å². The second-order valence-corrected chi connectivity index (χ2v) is 2.33. The molecule has 0 aromatic rings. The van der Waals surface area contributed by atoms with Crippen LogP contribution in [0.2, 0.25) is 0 Å². The van der Waals surface area contributed by atoms with Gasteiger partial charge in [-0.05, 0) is 0 Å². The van der Waals surface area contributed by atoms with Crippen LogP contribution in [-0.2, 0) is 4.79 Å². The monoisotopic (exact) mass is 146 g/mol. The van der Waals surface area contributed by atoms with Gasteiger partial charge < -0.3 is 21.3 Å². The Labute approximate surface area is 57.8 Å². The SMILES string of the molecule is N[C@@H]1C(=O)NC[C@@H](O)[C@@H]1O. The third-order valence-electron chi connectivity index (χ3n) is 1.55. The molecule has 5 heteroatoms. The predicted octanol–water partition coefficient (Wildman–Crippen LogP) is -2.83. The van der Waals surface area contributed by atoms with Crippen molar-refractivity contribution in [2.45, 2.75) is 18.2 Å². The van der Waals surface area contributed by atoms with Crippen LogP contribution in [0.5, 0.6) is 0 Å². The highest BCUT2D eigenvalue weighted by Gasteiger charge is 2.33. The quantitative estimate of drug-likeness (QED) is 0.296. The first-order chi connectivity index (χ1) is 4.63. The van der Waals surface area contributed by atoms with Crippen molar-refractivity contribution in [2.75, 3.05) is 6.54 Å². The van der Waals surface area contributed by atoms with Crippen LogP contribution in [0.1, 0.15) is 0 Å². The van der Waals surface area contributed by atoms with E-state index in [0.717, 1.165) is 0 Å². The Morgan fingerprint density at radius 1 is 1.60 bits per heavy atom. The summed E-state index contributed by atoms with van der Waals surface area (Å²) in [6.45, 7) is 0.0771. The molecule has 0 bridgehead atoms. The third kappa shape index (κ3) is 1.11. The molecule has 5 nitrogen and oxygen atoms in total. The zero-order valence-corrected chi connectivity index (χ0v) is 5.32. The van der Waals surface area contributed by atoms with Gasteiger partial charge in [0, 0.05) is 6.54 Å². The number of aliphatic hydroxyl groups is 2. The molecule has 1 aliphatic heterocycles. The van der Waals surface area contributed by atoms with Crippen LogP contribution in [0.15, 0.2) is 0 Å². The summed E-state index contributed by atoms with van der Waals surface area (Å²) in [4.78, 5) is 10.6. The van der Waals surface area contributed by atoms with Gasteiger partial charge in [0.1, 0.15) is 12.1 Å². The second kappa shape index (κ2) is 2.53.